The van der Waals surface area contributed by atoms with Gasteiger partial charge in [0.2, 0.25) is 5.88 Å². The van der Waals surface area contributed by atoms with E-state index >= 15 is 0 Å². The van der Waals surface area contributed by atoms with E-state index in [2.05, 4.69) is 35.5 Å². The average Bonchev–Trinajstić information content (AvgIpc) is 3.56. The van der Waals surface area contributed by atoms with E-state index in [0.29, 0.717) is 83.7 Å². The van der Waals surface area contributed by atoms with Gasteiger partial charge in [-0.25, -0.2) is 23.7 Å². The summed E-state index contributed by atoms with van der Waals surface area (Å²) < 4.78 is 38.9. The van der Waals surface area contributed by atoms with Gasteiger partial charge < -0.3 is 30.3 Å². The molecule has 272 valence electrons. The fourth-order valence-corrected chi connectivity index (χ4v) is 7.02. The Bertz CT molecular complexity index is 2080. The van der Waals surface area contributed by atoms with Crippen LogP contribution >= 0.6 is 11.6 Å². The molecule has 12 nitrogen and oxygen atoms in total. The van der Waals surface area contributed by atoms with Crippen molar-refractivity contribution in [1.29, 1.82) is 0 Å². The number of hydrogen-bond acceptors (Lipinski definition) is 12. The number of nitrogens with one attached hydrogen (secondary N) is 2. The first kappa shape index (κ1) is 35.9. The van der Waals surface area contributed by atoms with Gasteiger partial charge >= 0.3 is 0 Å². The Morgan fingerprint density at radius 1 is 1.04 bits per heavy atom. The van der Waals surface area contributed by atoms with Crippen LogP contribution in [0, 0.1) is 6.92 Å². The molecule has 7 rings (SSSR count). The number of fused-ring (bicyclic) bond motifs is 1. The summed E-state index contributed by atoms with van der Waals surface area (Å²) in [5.41, 5.74) is 6.19. The molecule has 0 saturated carbocycles. The van der Waals surface area contributed by atoms with Gasteiger partial charge in [0, 0.05) is 61.8 Å². The van der Waals surface area contributed by atoms with E-state index in [1.807, 2.05) is 43.3 Å². The predicted octanol–water partition coefficient (Wildman–Crippen LogP) is 5.61. The van der Waals surface area contributed by atoms with Crippen molar-refractivity contribution >= 4 is 34.1 Å². The highest BCUT2D eigenvalue weighted by atomic mass is 35.5. The minimum absolute atomic E-state index is 0.121. The van der Waals surface area contributed by atoms with Gasteiger partial charge in [-0.3, -0.25) is 14.9 Å². The molecule has 52 heavy (non-hydrogen) atoms. The molecular formula is C37H39ClF2N8O4. The van der Waals surface area contributed by atoms with Gasteiger partial charge in [0.05, 0.1) is 48.4 Å². The lowest BCUT2D eigenvalue weighted by molar-refractivity contribution is -0.0281. The average molecular weight is 733 g/mol. The van der Waals surface area contributed by atoms with Gasteiger partial charge in [-0.2, -0.15) is 0 Å². The van der Waals surface area contributed by atoms with E-state index in [1.165, 1.54) is 7.11 Å². The molecule has 0 amide bonds. The number of aliphatic hydroxyl groups excluding tert-OH is 2. The van der Waals surface area contributed by atoms with Crippen molar-refractivity contribution in [2.45, 2.75) is 57.5 Å². The van der Waals surface area contributed by atoms with E-state index in [9.17, 15) is 19.0 Å². The number of benzene rings is 2. The van der Waals surface area contributed by atoms with Crippen LogP contribution in [0.3, 0.4) is 0 Å². The quantitative estimate of drug-likeness (QED) is 0.134. The van der Waals surface area contributed by atoms with Gasteiger partial charge in [-0.05, 0) is 48.6 Å². The molecule has 2 aromatic carbocycles. The lowest BCUT2D eigenvalue weighted by atomic mass is 9.96. The van der Waals surface area contributed by atoms with Crippen LogP contribution in [0.15, 0.2) is 54.9 Å². The maximum atomic E-state index is 14.0. The van der Waals surface area contributed by atoms with Crippen LogP contribution in [0.2, 0.25) is 5.02 Å². The molecule has 5 heterocycles. The van der Waals surface area contributed by atoms with Gasteiger partial charge in [0.25, 0.3) is 6.43 Å². The Kier molecular flexibility index (Phi) is 10.8. The number of anilines is 2. The Morgan fingerprint density at radius 2 is 1.85 bits per heavy atom. The third-order valence-electron chi connectivity index (χ3n) is 9.47. The standard InChI is InChI=1S/C37H39ClF2N8O4/c1-20-23(24-6-3-7-25(32(24)38)29-15-42-30(37(46-29)51-2)16-41-27-10-12-52-19-31(27)50)5-4-8-26(20)44-35-33-28(45-36(47-35)34(39)40)13-21(14-43-33)17-48-11-9-22(49)18-48/h3-8,13-15,22,27,31,34,41,49-50H,9-12,16-19H2,1-2H3,(H,44,45,47)/t22-,27+,31-/m0/s1. The topological polar surface area (TPSA) is 151 Å². The van der Waals surface area contributed by atoms with Gasteiger partial charge in [-0.15, -0.1) is 0 Å². The molecule has 15 heteroatoms. The van der Waals surface area contributed by atoms with E-state index in [4.69, 9.17) is 26.1 Å². The third-order valence-corrected chi connectivity index (χ3v) is 9.88. The van der Waals surface area contributed by atoms with Crippen LogP contribution in [0.4, 0.5) is 20.3 Å². The highest BCUT2D eigenvalue weighted by molar-refractivity contribution is 6.36. The number of halogens is 3. The summed E-state index contributed by atoms with van der Waals surface area (Å²) in [6.45, 7) is 4.95. The monoisotopic (exact) mass is 732 g/mol. The number of methoxy groups -OCH3 is 1. The summed E-state index contributed by atoms with van der Waals surface area (Å²) >= 11 is 7.08. The molecule has 4 N–H and O–H groups in total. The number of pyridine rings is 1. The summed E-state index contributed by atoms with van der Waals surface area (Å²) in [5, 5.41) is 27.2. The first-order valence-corrected chi connectivity index (χ1v) is 17.5. The fourth-order valence-electron chi connectivity index (χ4n) is 6.69. The number of likely N-dealkylation sites (tertiary alicyclic amines) is 1. The number of aliphatic hydroxyl groups is 2. The molecule has 3 atom stereocenters. The highest BCUT2D eigenvalue weighted by Gasteiger charge is 2.25. The maximum Gasteiger partial charge on any atom is 0.297 e. The summed E-state index contributed by atoms with van der Waals surface area (Å²) in [5.74, 6) is -0.104. The summed E-state index contributed by atoms with van der Waals surface area (Å²) in [6.07, 6.45) is 0.849. The molecule has 5 aromatic rings. The largest absolute Gasteiger partial charge is 0.480 e. The summed E-state index contributed by atoms with van der Waals surface area (Å²) in [4.78, 5) is 24.3. The second-order valence-corrected chi connectivity index (χ2v) is 13.4. The molecule has 3 aromatic heterocycles. The molecular weight excluding hydrogens is 694 g/mol. The van der Waals surface area contributed by atoms with E-state index < -0.39 is 18.4 Å². The van der Waals surface area contributed by atoms with Crippen molar-refractivity contribution in [3.8, 4) is 28.3 Å². The van der Waals surface area contributed by atoms with Crippen molar-refractivity contribution < 1.29 is 28.5 Å². The number of nitrogens with zero attached hydrogens (tertiary/aromatic N) is 6. The summed E-state index contributed by atoms with van der Waals surface area (Å²) in [6, 6.07) is 12.9. The van der Waals surface area contributed by atoms with Crippen molar-refractivity contribution in [1.82, 2.24) is 35.1 Å². The zero-order valence-electron chi connectivity index (χ0n) is 28.7. The minimum Gasteiger partial charge on any atom is -0.480 e. The van der Waals surface area contributed by atoms with Crippen LogP contribution in [0.25, 0.3) is 33.4 Å². The van der Waals surface area contributed by atoms with Crippen LogP contribution < -0.4 is 15.4 Å². The Balaban J connectivity index is 1.16. The van der Waals surface area contributed by atoms with E-state index in [1.54, 1.807) is 18.5 Å². The zero-order chi connectivity index (χ0) is 36.4. The van der Waals surface area contributed by atoms with Crippen LogP contribution in [-0.4, -0.2) is 91.7 Å². The Labute approximate surface area is 304 Å². The number of alkyl halides is 2. The Morgan fingerprint density at radius 3 is 2.62 bits per heavy atom. The van der Waals surface area contributed by atoms with Crippen molar-refractivity contribution in [3.05, 3.63) is 82.5 Å². The second-order valence-electron chi connectivity index (χ2n) is 13.0. The molecule has 2 saturated heterocycles. The molecule has 2 fully saturated rings. The number of ether oxygens (including phenoxy) is 2. The second kappa shape index (κ2) is 15.7. The number of rotatable bonds is 11. The van der Waals surface area contributed by atoms with Crippen molar-refractivity contribution in [2.75, 3.05) is 38.7 Å². The van der Waals surface area contributed by atoms with E-state index in [-0.39, 0.29) is 24.6 Å². The molecule has 0 bridgehead atoms. The first-order chi connectivity index (χ1) is 25.2. The minimum atomic E-state index is -2.89. The molecule has 0 unspecified atom stereocenters. The van der Waals surface area contributed by atoms with Crippen LogP contribution in [0.5, 0.6) is 5.88 Å². The molecule has 2 aliphatic heterocycles. The smallest absolute Gasteiger partial charge is 0.297 e. The number of hydrogen-bond donors (Lipinski definition) is 4. The lowest BCUT2D eigenvalue weighted by Crippen LogP contribution is -2.46. The van der Waals surface area contributed by atoms with E-state index in [0.717, 1.165) is 28.8 Å². The molecule has 2 aliphatic rings. The van der Waals surface area contributed by atoms with Gasteiger partial charge in [-0.1, -0.05) is 41.9 Å². The zero-order valence-corrected chi connectivity index (χ0v) is 29.4. The number of aromatic nitrogens is 5. The predicted molar refractivity (Wildman–Crippen MR) is 193 cm³/mol. The lowest BCUT2D eigenvalue weighted by Gasteiger charge is -2.28. The number of β-amino-alcohol motifs (C(OH)–C–C–N with tert-alkyl or cyclic N) is 1. The van der Waals surface area contributed by atoms with Crippen LogP contribution in [-0.2, 0) is 17.8 Å². The third kappa shape index (κ3) is 7.68. The Hall–Kier alpha value is -4.44. The van der Waals surface area contributed by atoms with Gasteiger partial charge in [0.15, 0.2) is 11.6 Å². The van der Waals surface area contributed by atoms with Crippen LogP contribution in [0.1, 0.15) is 41.9 Å². The fraction of sp³-hybridized carbons (Fsp3) is 0.378. The van der Waals surface area contributed by atoms with Gasteiger partial charge in [0.1, 0.15) is 11.2 Å². The van der Waals surface area contributed by atoms with Crippen molar-refractivity contribution in [2.24, 2.45) is 0 Å². The first-order valence-electron chi connectivity index (χ1n) is 17.1. The van der Waals surface area contributed by atoms with Crippen molar-refractivity contribution in [3.63, 3.8) is 0 Å². The SMILES string of the molecule is COc1nc(-c2cccc(-c3cccc(Nc4nc(C(F)F)nc5cc(CN6CC[C@H](O)C6)cnc45)c3C)c2Cl)cnc1CN[C@@H]1CCOC[C@@H]1O. The molecule has 0 radical (unpaired) electrons. The normalized spacial score (nSPS) is 19.4. The molecule has 0 aliphatic carbocycles. The summed E-state index contributed by atoms with van der Waals surface area (Å²) in [7, 11) is 1.53. The molecule has 0 spiro atoms. The highest BCUT2D eigenvalue weighted by Crippen LogP contribution is 2.40. The maximum absolute atomic E-state index is 14.0.